The number of aromatic nitrogens is 1. The summed E-state index contributed by atoms with van der Waals surface area (Å²) < 4.78 is 0. The number of fused-ring (bicyclic) bond motifs is 4. The molecule has 1 heterocycles. The Kier molecular flexibility index (Phi) is 5.14. The van der Waals surface area contributed by atoms with Crippen LogP contribution in [0.3, 0.4) is 0 Å². The summed E-state index contributed by atoms with van der Waals surface area (Å²) in [6, 6.07) is 22.8. The van der Waals surface area contributed by atoms with E-state index in [4.69, 9.17) is 4.98 Å². The van der Waals surface area contributed by atoms with Crippen LogP contribution in [0.2, 0.25) is 0 Å². The van der Waals surface area contributed by atoms with Crippen molar-refractivity contribution in [1.82, 2.24) is 4.98 Å². The van der Waals surface area contributed by atoms with Crippen molar-refractivity contribution >= 4 is 10.8 Å². The molecule has 1 nitrogen and oxygen atoms in total. The standard InChI is InChI=1S/C30H31N/c1-19(2)15-21-9-11-26-23(16-21)10-12-28-27(26)13-14-31-30(28)24-17-22-7-5-6-8-25(22)29(18-24)20(3)4/h5-9,11,13-14,16-20H,10,12,15H2,1-4H3. The van der Waals surface area contributed by atoms with Gasteiger partial charge in [-0.1, -0.05) is 70.2 Å². The van der Waals surface area contributed by atoms with Crippen LogP contribution < -0.4 is 0 Å². The van der Waals surface area contributed by atoms with Gasteiger partial charge in [0.15, 0.2) is 0 Å². The molecule has 1 aliphatic carbocycles. The Balaban J connectivity index is 1.65. The van der Waals surface area contributed by atoms with Crippen LogP contribution in [-0.2, 0) is 19.3 Å². The maximum atomic E-state index is 4.90. The second-order valence-corrected chi connectivity index (χ2v) is 9.72. The van der Waals surface area contributed by atoms with Gasteiger partial charge in [-0.05, 0) is 93.5 Å². The van der Waals surface area contributed by atoms with Crippen molar-refractivity contribution in [3.05, 3.63) is 89.1 Å². The number of rotatable bonds is 4. The molecule has 1 heteroatoms. The van der Waals surface area contributed by atoms with Crippen molar-refractivity contribution in [2.45, 2.75) is 52.9 Å². The molecule has 1 aliphatic rings. The molecular weight excluding hydrogens is 374 g/mol. The lowest BCUT2D eigenvalue weighted by atomic mass is 9.82. The second-order valence-electron chi connectivity index (χ2n) is 9.72. The summed E-state index contributed by atoms with van der Waals surface area (Å²) >= 11 is 0. The van der Waals surface area contributed by atoms with E-state index in [1.54, 1.807) is 0 Å². The molecule has 156 valence electrons. The lowest BCUT2D eigenvalue weighted by Gasteiger charge is -2.23. The van der Waals surface area contributed by atoms with Gasteiger partial charge >= 0.3 is 0 Å². The molecule has 0 saturated heterocycles. The fourth-order valence-electron chi connectivity index (χ4n) is 5.18. The topological polar surface area (TPSA) is 12.9 Å². The van der Waals surface area contributed by atoms with E-state index in [2.05, 4.69) is 88.4 Å². The predicted molar refractivity (Wildman–Crippen MR) is 133 cm³/mol. The summed E-state index contributed by atoms with van der Waals surface area (Å²) in [6.07, 6.45) is 5.30. The molecule has 0 saturated carbocycles. The van der Waals surface area contributed by atoms with Crippen LogP contribution in [0.15, 0.2) is 66.9 Å². The molecule has 5 rings (SSSR count). The number of pyridine rings is 1. The summed E-state index contributed by atoms with van der Waals surface area (Å²) in [7, 11) is 0. The zero-order valence-corrected chi connectivity index (χ0v) is 19.1. The third-order valence-corrected chi connectivity index (χ3v) is 6.59. The summed E-state index contributed by atoms with van der Waals surface area (Å²) in [4.78, 5) is 4.90. The van der Waals surface area contributed by atoms with Gasteiger partial charge in [0, 0.05) is 11.8 Å². The SMILES string of the molecule is CC(C)Cc1ccc2c(c1)CCc1c-2ccnc1-c1cc(C(C)C)c2ccccc2c1. The normalized spacial score (nSPS) is 13.0. The van der Waals surface area contributed by atoms with Gasteiger partial charge in [0.1, 0.15) is 0 Å². The molecule has 0 atom stereocenters. The van der Waals surface area contributed by atoms with Crippen LogP contribution in [0.25, 0.3) is 33.2 Å². The highest BCUT2D eigenvalue weighted by Crippen LogP contribution is 2.40. The third kappa shape index (κ3) is 3.67. The average Bonchev–Trinajstić information content (AvgIpc) is 2.77. The van der Waals surface area contributed by atoms with E-state index in [0.29, 0.717) is 11.8 Å². The van der Waals surface area contributed by atoms with E-state index >= 15 is 0 Å². The average molecular weight is 406 g/mol. The Bertz CT molecular complexity index is 1260. The minimum atomic E-state index is 0.476. The minimum absolute atomic E-state index is 0.476. The van der Waals surface area contributed by atoms with Crippen LogP contribution >= 0.6 is 0 Å². The highest BCUT2D eigenvalue weighted by molar-refractivity contribution is 5.91. The smallest absolute Gasteiger partial charge is 0.0740 e. The third-order valence-electron chi connectivity index (χ3n) is 6.59. The number of hydrogen-bond acceptors (Lipinski definition) is 1. The fourth-order valence-corrected chi connectivity index (χ4v) is 5.18. The predicted octanol–water partition coefficient (Wildman–Crippen LogP) is 7.99. The van der Waals surface area contributed by atoms with Crippen LogP contribution in [0.5, 0.6) is 0 Å². The molecule has 31 heavy (non-hydrogen) atoms. The van der Waals surface area contributed by atoms with Gasteiger partial charge in [-0.3, -0.25) is 4.98 Å². The van der Waals surface area contributed by atoms with E-state index in [-0.39, 0.29) is 0 Å². The van der Waals surface area contributed by atoms with Gasteiger partial charge in [0.25, 0.3) is 0 Å². The molecule has 0 N–H and O–H groups in total. The number of aryl methyl sites for hydroxylation is 1. The molecule has 1 aromatic heterocycles. The maximum Gasteiger partial charge on any atom is 0.0740 e. The van der Waals surface area contributed by atoms with E-state index in [0.717, 1.165) is 25.0 Å². The van der Waals surface area contributed by atoms with E-state index < -0.39 is 0 Å². The van der Waals surface area contributed by atoms with E-state index in [1.807, 2.05) is 6.20 Å². The van der Waals surface area contributed by atoms with Gasteiger partial charge in [0.2, 0.25) is 0 Å². The number of benzene rings is 3. The zero-order chi connectivity index (χ0) is 21.5. The van der Waals surface area contributed by atoms with E-state index in [1.165, 1.54) is 49.7 Å². The van der Waals surface area contributed by atoms with E-state index in [9.17, 15) is 0 Å². The van der Waals surface area contributed by atoms with Crippen LogP contribution in [0.1, 0.15) is 55.9 Å². The molecule has 0 fully saturated rings. The van der Waals surface area contributed by atoms with Gasteiger partial charge in [-0.2, -0.15) is 0 Å². The van der Waals surface area contributed by atoms with Crippen molar-refractivity contribution in [3.63, 3.8) is 0 Å². The van der Waals surface area contributed by atoms with Crippen LogP contribution in [-0.4, -0.2) is 4.98 Å². The van der Waals surface area contributed by atoms with Crippen molar-refractivity contribution in [1.29, 1.82) is 0 Å². The Hall–Kier alpha value is -2.93. The zero-order valence-electron chi connectivity index (χ0n) is 19.1. The van der Waals surface area contributed by atoms with Crippen molar-refractivity contribution < 1.29 is 0 Å². The molecule has 0 spiro atoms. The first-order valence-electron chi connectivity index (χ1n) is 11.6. The molecule has 0 aliphatic heterocycles. The second kappa shape index (κ2) is 7.96. The fraction of sp³-hybridized carbons (Fsp3) is 0.300. The van der Waals surface area contributed by atoms with Gasteiger partial charge in [-0.25, -0.2) is 0 Å². The summed E-state index contributed by atoms with van der Waals surface area (Å²) in [5.41, 5.74) is 10.9. The van der Waals surface area contributed by atoms with Gasteiger partial charge in [0.05, 0.1) is 5.69 Å². The Morgan fingerprint density at radius 1 is 0.839 bits per heavy atom. The highest BCUT2D eigenvalue weighted by Gasteiger charge is 2.21. The first kappa shape index (κ1) is 20.0. The van der Waals surface area contributed by atoms with Crippen LogP contribution in [0, 0.1) is 5.92 Å². The first-order valence-corrected chi connectivity index (χ1v) is 11.6. The Morgan fingerprint density at radius 3 is 2.48 bits per heavy atom. The maximum absolute atomic E-state index is 4.90. The molecular formula is C30H31N. The van der Waals surface area contributed by atoms with Crippen molar-refractivity contribution in [2.75, 3.05) is 0 Å². The quantitative estimate of drug-likeness (QED) is 0.335. The number of nitrogens with zero attached hydrogens (tertiary/aromatic N) is 1. The van der Waals surface area contributed by atoms with Gasteiger partial charge in [-0.15, -0.1) is 0 Å². The van der Waals surface area contributed by atoms with Crippen molar-refractivity contribution in [2.24, 2.45) is 5.92 Å². The summed E-state index contributed by atoms with van der Waals surface area (Å²) in [5.74, 6) is 1.16. The Morgan fingerprint density at radius 2 is 1.68 bits per heavy atom. The van der Waals surface area contributed by atoms with Gasteiger partial charge < -0.3 is 0 Å². The first-order chi connectivity index (χ1) is 15.0. The van der Waals surface area contributed by atoms with Crippen molar-refractivity contribution in [3.8, 4) is 22.4 Å². The largest absolute Gasteiger partial charge is 0.256 e. The lowest BCUT2D eigenvalue weighted by Crippen LogP contribution is -2.08. The minimum Gasteiger partial charge on any atom is -0.256 e. The Labute approximate surface area is 186 Å². The molecule has 3 aromatic carbocycles. The molecule has 4 aromatic rings. The molecule has 0 amide bonds. The number of hydrogen-bond donors (Lipinski definition) is 0. The monoisotopic (exact) mass is 405 g/mol. The molecule has 0 unspecified atom stereocenters. The highest BCUT2D eigenvalue weighted by atomic mass is 14.7. The molecule has 0 radical (unpaired) electrons. The summed E-state index contributed by atoms with van der Waals surface area (Å²) in [5, 5.41) is 2.66. The van der Waals surface area contributed by atoms with Crippen LogP contribution in [0.4, 0.5) is 0 Å². The lowest BCUT2D eigenvalue weighted by molar-refractivity contribution is 0.646. The summed E-state index contributed by atoms with van der Waals surface area (Å²) in [6.45, 7) is 9.15. The molecule has 0 bridgehead atoms.